The molecule has 1 aliphatic heterocycles. The molecule has 20 heavy (non-hydrogen) atoms. The van der Waals surface area contributed by atoms with Gasteiger partial charge >= 0.3 is 0 Å². The second-order valence-electron chi connectivity index (χ2n) is 4.77. The van der Waals surface area contributed by atoms with Crippen LogP contribution in [0.4, 0.5) is 4.39 Å². The van der Waals surface area contributed by atoms with Gasteiger partial charge in [0.2, 0.25) is 0 Å². The molecule has 112 valence electrons. The average molecular weight is 303 g/mol. The molecular weight excluding hydrogens is 283 g/mol. The van der Waals surface area contributed by atoms with E-state index in [1.54, 1.807) is 19.1 Å². The summed E-state index contributed by atoms with van der Waals surface area (Å²) in [6.45, 7) is 3.45. The van der Waals surface area contributed by atoms with Crippen LogP contribution in [-0.4, -0.2) is 31.1 Å². The number of carbonyl (C=O) groups excluding carboxylic acids is 1. The van der Waals surface area contributed by atoms with Gasteiger partial charge in [0.05, 0.1) is 0 Å². The quantitative estimate of drug-likeness (QED) is 0.893. The number of benzene rings is 1. The highest BCUT2D eigenvalue weighted by Crippen LogP contribution is 2.14. The lowest BCUT2D eigenvalue weighted by molar-refractivity contribution is -0.128. The van der Waals surface area contributed by atoms with Crippen molar-refractivity contribution in [3.63, 3.8) is 0 Å². The van der Waals surface area contributed by atoms with Crippen LogP contribution in [0.1, 0.15) is 19.8 Å². The Kier molecular flexibility index (Phi) is 6.75. The van der Waals surface area contributed by atoms with Gasteiger partial charge in [0.15, 0.2) is 6.10 Å². The molecule has 1 heterocycles. The molecule has 0 saturated carbocycles. The van der Waals surface area contributed by atoms with E-state index < -0.39 is 6.10 Å². The topological polar surface area (TPSA) is 50.4 Å². The van der Waals surface area contributed by atoms with Gasteiger partial charge in [-0.2, -0.15) is 0 Å². The molecule has 2 N–H and O–H groups in total. The molecule has 1 aromatic rings. The van der Waals surface area contributed by atoms with E-state index in [0.29, 0.717) is 5.75 Å². The van der Waals surface area contributed by atoms with Crippen LogP contribution in [0.5, 0.6) is 5.75 Å². The fraction of sp³-hybridized carbons (Fsp3) is 0.500. The van der Waals surface area contributed by atoms with Crippen LogP contribution < -0.4 is 15.4 Å². The molecule has 0 spiro atoms. The summed E-state index contributed by atoms with van der Waals surface area (Å²) in [6, 6.07) is 5.95. The fourth-order valence-electron chi connectivity index (χ4n) is 2.09. The van der Waals surface area contributed by atoms with Gasteiger partial charge in [0.25, 0.3) is 5.91 Å². The monoisotopic (exact) mass is 302 g/mol. The zero-order valence-electron chi connectivity index (χ0n) is 11.4. The minimum atomic E-state index is -0.635. The molecule has 0 aliphatic carbocycles. The first-order valence-corrected chi connectivity index (χ1v) is 6.58. The fourth-order valence-corrected chi connectivity index (χ4v) is 2.09. The van der Waals surface area contributed by atoms with E-state index in [1.165, 1.54) is 12.1 Å². The minimum Gasteiger partial charge on any atom is -0.481 e. The summed E-state index contributed by atoms with van der Waals surface area (Å²) in [7, 11) is 0. The van der Waals surface area contributed by atoms with Gasteiger partial charge in [-0.05, 0) is 38.4 Å². The molecule has 0 aromatic heterocycles. The Hall–Kier alpha value is -1.33. The van der Waals surface area contributed by atoms with Crippen molar-refractivity contribution in [1.29, 1.82) is 0 Å². The highest BCUT2D eigenvalue weighted by atomic mass is 35.5. The standard InChI is InChI=1S/C14H19FN2O2.ClH/c1-10(19-13-6-2-4-11(15)8-13)14(18)17-12-5-3-7-16-9-12;/h2,4,6,8,10,12,16H,3,5,7,9H2,1H3,(H,17,18);1H. The van der Waals surface area contributed by atoms with E-state index in [9.17, 15) is 9.18 Å². The summed E-state index contributed by atoms with van der Waals surface area (Å²) in [5.41, 5.74) is 0. The van der Waals surface area contributed by atoms with Gasteiger partial charge in [0.1, 0.15) is 11.6 Å². The average Bonchev–Trinajstić information content (AvgIpc) is 2.40. The second-order valence-corrected chi connectivity index (χ2v) is 4.77. The van der Waals surface area contributed by atoms with Crippen LogP contribution in [0.3, 0.4) is 0 Å². The Labute approximate surface area is 124 Å². The van der Waals surface area contributed by atoms with E-state index in [-0.39, 0.29) is 30.2 Å². The van der Waals surface area contributed by atoms with Crippen LogP contribution in [-0.2, 0) is 4.79 Å². The third-order valence-corrected chi connectivity index (χ3v) is 3.12. The molecule has 0 radical (unpaired) electrons. The summed E-state index contributed by atoms with van der Waals surface area (Å²) in [5, 5.41) is 6.16. The molecule has 4 nitrogen and oxygen atoms in total. The van der Waals surface area contributed by atoms with E-state index in [1.807, 2.05) is 0 Å². The minimum absolute atomic E-state index is 0. The normalized spacial score (nSPS) is 19.6. The second kappa shape index (κ2) is 8.07. The maximum atomic E-state index is 13.0. The third-order valence-electron chi connectivity index (χ3n) is 3.12. The van der Waals surface area contributed by atoms with E-state index >= 15 is 0 Å². The number of ether oxygens (including phenoxy) is 1. The van der Waals surface area contributed by atoms with Gasteiger partial charge in [0, 0.05) is 18.7 Å². The van der Waals surface area contributed by atoms with Gasteiger partial charge in [-0.25, -0.2) is 4.39 Å². The van der Waals surface area contributed by atoms with Crippen LogP contribution in [0.25, 0.3) is 0 Å². The summed E-state index contributed by atoms with van der Waals surface area (Å²) >= 11 is 0. The Morgan fingerprint density at radius 3 is 3.00 bits per heavy atom. The maximum absolute atomic E-state index is 13.0. The molecule has 1 saturated heterocycles. The molecule has 2 atom stereocenters. The van der Waals surface area contributed by atoms with E-state index in [2.05, 4.69) is 10.6 Å². The molecule has 1 aliphatic rings. The molecule has 1 fully saturated rings. The lowest BCUT2D eigenvalue weighted by Crippen LogP contribution is -2.49. The van der Waals surface area contributed by atoms with E-state index in [4.69, 9.17) is 4.74 Å². The van der Waals surface area contributed by atoms with Crippen molar-refractivity contribution in [3.05, 3.63) is 30.1 Å². The van der Waals surface area contributed by atoms with Crippen LogP contribution in [0.15, 0.2) is 24.3 Å². The van der Waals surface area contributed by atoms with Gasteiger partial charge in [-0.3, -0.25) is 4.79 Å². The SMILES string of the molecule is CC(Oc1cccc(F)c1)C(=O)NC1CCCNC1.Cl. The smallest absolute Gasteiger partial charge is 0.261 e. The Morgan fingerprint density at radius 1 is 1.55 bits per heavy atom. The van der Waals surface area contributed by atoms with Crippen LogP contribution in [0.2, 0.25) is 0 Å². The first-order valence-electron chi connectivity index (χ1n) is 6.58. The van der Waals surface area contributed by atoms with Crippen molar-refractivity contribution in [2.24, 2.45) is 0 Å². The van der Waals surface area contributed by atoms with Crippen molar-refractivity contribution in [2.75, 3.05) is 13.1 Å². The zero-order chi connectivity index (χ0) is 13.7. The molecule has 2 unspecified atom stereocenters. The maximum Gasteiger partial charge on any atom is 0.261 e. The summed E-state index contributed by atoms with van der Waals surface area (Å²) in [6.07, 6.45) is 1.40. The molecule has 0 bridgehead atoms. The highest BCUT2D eigenvalue weighted by Gasteiger charge is 2.20. The molecule has 1 aromatic carbocycles. The molecular formula is C14H20ClFN2O2. The zero-order valence-corrected chi connectivity index (χ0v) is 12.2. The molecule has 1 amide bonds. The summed E-state index contributed by atoms with van der Waals surface area (Å²) < 4.78 is 18.4. The van der Waals surface area contributed by atoms with Gasteiger partial charge < -0.3 is 15.4 Å². The lowest BCUT2D eigenvalue weighted by atomic mass is 10.1. The van der Waals surface area contributed by atoms with Crippen molar-refractivity contribution < 1.29 is 13.9 Å². The Morgan fingerprint density at radius 2 is 2.35 bits per heavy atom. The predicted octanol–water partition coefficient (Wildman–Crippen LogP) is 1.88. The first kappa shape index (κ1) is 16.7. The van der Waals surface area contributed by atoms with Crippen molar-refractivity contribution in [3.8, 4) is 5.75 Å². The van der Waals surface area contributed by atoms with Gasteiger partial charge in [-0.15, -0.1) is 12.4 Å². The molecule has 6 heteroatoms. The number of piperidine rings is 1. The van der Waals surface area contributed by atoms with E-state index in [0.717, 1.165) is 25.9 Å². The Bertz CT molecular complexity index is 439. The van der Waals surface area contributed by atoms with Crippen LogP contribution in [0, 0.1) is 5.82 Å². The number of halogens is 2. The predicted molar refractivity (Wildman–Crippen MR) is 77.8 cm³/mol. The van der Waals surface area contributed by atoms with Crippen molar-refractivity contribution >= 4 is 18.3 Å². The molecule has 2 rings (SSSR count). The first-order chi connectivity index (χ1) is 9.15. The summed E-state index contributed by atoms with van der Waals surface area (Å²) in [4.78, 5) is 11.9. The van der Waals surface area contributed by atoms with Gasteiger partial charge in [-0.1, -0.05) is 6.07 Å². The highest BCUT2D eigenvalue weighted by molar-refractivity contribution is 5.85. The number of hydrogen-bond acceptors (Lipinski definition) is 3. The Balaban J connectivity index is 0.00000200. The number of hydrogen-bond donors (Lipinski definition) is 2. The largest absolute Gasteiger partial charge is 0.481 e. The number of amides is 1. The van der Waals surface area contributed by atoms with Crippen LogP contribution >= 0.6 is 12.4 Å². The van der Waals surface area contributed by atoms with Crippen molar-refractivity contribution in [2.45, 2.75) is 31.9 Å². The third kappa shape index (κ3) is 4.98. The van der Waals surface area contributed by atoms with Crippen molar-refractivity contribution in [1.82, 2.24) is 10.6 Å². The summed E-state index contributed by atoms with van der Waals surface area (Å²) in [5.74, 6) is -0.177. The number of carbonyl (C=O) groups is 1. The number of nitrogens with one attached hydrogen (secondary N) is 2. The lowest BCUT2D eigenvalue weighted by Gasteiger charge is -2.25. The number of rotatable bonds is 4.